The molecule has 0 radical (unpaired) electrons. The summed E-state index contributed by atoms with van der Waals surface area (Å²) in [7, 11) is 0. The van der Waals surface area contributed by atoms with Gasteiger partial charge in [-0.2, -0.15) is 0 Å². The van der Waals surface area contributed by atoms with Crippen LogP contribution >= 0.6 is 27.5 Å². The number of ether oxygens (including phenoxy) is 1. The smallest absolute Gasteiger partial charge is 0.137 e. The van der Waals surface area contributed by atoms with Gasteiger partial charge in [0.05, 0.1) is 4.47 Å². The third kappa shape index (κ3) is 3.45. The van der Waals surface area contributed by atoms with Gasteiger partial charge in [-0.1, -0.05) is 23.7 Å². The molecule has 0 saturated carbocycles. The average Bonchev–Trinajstić information content (AvgIpc) is 2.31. The second-order valence-electron chi connectivity index (χ2n) is 3.49. The second-order valence-corrected chi connectivity index (χ2v) is 4.79. The van der Waals surface area contributed by atoms with Crippen LogP contribution in [0.5, 0.6) is 5.75 Å². The molecule has 17 heavy (non-hydrogen) atoms. The molecule has 0 saturated heterocycles. The van der Waals surface area contributed by atoms with Gasteiger partial charge >= 0.3 is 0 Å². The van der Waals surface area contributed by atoms with E-state index in [0.717, 1.165) is 5.56 Å². The van der Waals surface area contributed by atoms with Gasteiger partial charge in [0.25, 0.3) is 0 Å². The van der Waals surface area contributed by atoms with Crippen LogP contribution in [0.3, 0.4) is 0 Å². The van der Waals surface area contributed by atoms with Crippen LogP contribution in [0, 0.1) is 5.82 Å². The predicted molar refractivity (Wildman–Crippen MR) is 69.9 cm³/mol. The Labute approximate surface area is 112 Å². The second kappa shape index (κ2) is 5.52. The van der Waals surface area contributed by atoms with Crippen LogP contribution in [-0.4, -0.2) is 0 Å². The Morgan fingerprint density at radius 1 is 1.18 bits per heavy atom. The largest absolute Gasteiger partial charge is 0.489 e. The fraction of sp³-hybridized carbons (Fsp3) is 0.0769. The Hall–Kier alpha value is -1.06. The van der Waals surface area contributed by atoms with E-state index in [1.54, 1.807) is 18.2 Å². The minimum atomic E-state index is -0.305. The molecule has 2 aromatic rings. The summed E-state index contributed by atoms with van der Waals surface area (Å²) < 4.78 is 18.9. The first-order valence-corrected chi connectivity index (χ1v) is 6.14. The van der Waals surface area contributed by atoms with Crippen molar-refractivity contribution in [3.8, 4) is 5.75 Å². The summed E-state index contributed by atoms with van der Waals surface area (Å²) in [5, 5.41) is 0.673. The van der Waals surface area contributed by atoms with Crippen molar-refractivity contribution in [2.45, 2.75) is 6.61 Å². The van der Waals surface area contributed by atoms with E-state index in [1.807, 2.05) is 18.2 Å². The summed E-state index contributed by atoms with van der Waals surface area (Å²) in [6.45, 7) is 0.401. The molecule has 0 aliphatic rings. The van der Waals surface area contributed by atoms with Crippen molar-refractivity contribution >= 4 is 27.5 Å². The summed E-state index contributed by atoms with van der Waals surface area (Å²) in [5.41, 5.74) is 0.970. The summed E-state index contributed by atoms with van der Waals surface area (Å²) in [6.07, 6.45) is 0. The van der Waals surface area contributed by atoms with Crippen LogP contribution in [-0.2, 0) is 6.61 Å². The lowest BCUT2D eigenvalue weighted by Crippen LogP contribution is -1.95. The van der Waals surface area contributed by atoms with Gasteiger partial charge < -0.3 is 4.74 Å². The lowest BCUT2D eigenvalue weighted by molar-refractivity contribution is 0.305. The van der Waals surface area contributed by atoms with E-state index >= 15 is 0 Å². The topological polar surface area (TPSA) is 9.23 Å². The maximum atomic E-state index is 13.0. The first-order valence-electron chi connectivity index (χ1n) is 4.97. The van der Waals surface area contributed by atoms with E-state index in [-0.39, 0.29) is 5.82 Å². The van der Waals surface area contributed by atoms with Crippen molar-refractivity contribution in [1.29, 1.82) is 0 Å². The summed E-state index contributed by atoms with van der Waals surface area (Å²) in [4.78, 5) is 0. The van der Waals surface area contributed by atoms with Crippen LogP contribution in [0.15, 0.2) is 46.9 Å². The van der Waals surface area contributed by atoms with E-state index < -0.39 is 0 Å². The molecule has 0 unspecified atom stereocenters. The van der Waals surface area contributed by atoms with Crippen molar-refractivity contribution < 1.29 is 9.13 Å². The molecule has 4 heteroatoms. The molecular weight excluding hydrogens is 306 g/mol. The number of hydrogen-bond donors (Lipinski definition) is 0. The van der Waals surface area contributed by atoms with Crippen LogP contribution in [0.2, 0.25) is 5.02 Å². The van der Waals surface area contributed by atoms with Crippen LogP contribution < -0.4 is 4.74 Å². The van der Waals surface area contributed by atoms with Gasteiger partial charge in [-0.15, -0.1) is 0 Å². The SMILES string of the molecule is Fc1ccc(OCc2cccc(Cl)c2)cc1Br. The first-order chi connectivity index (χ1) is 8.15. The van der Waals surface area contributed by atoms with Crippen molar-refractivity contribution in [2.75, 3.05) is 0 Å². The lowest BCUT2D eigenvalue weighted by Gasteiger charge is -2.07. The molecule has 0 atom stereocenters. The Bertz CT molecular complexity index is 531. The maximum absolute atomic E-state index is 13.0. The number of halogens is 3. The van der Waals surface area contributed by atoms with Gasteiger partial charge in [-0.05, 0) is 51.8 Å². The van der Waals surface area contributed by atoms with Gasteiger partial charge in [-0.3, -0.25) is 0 Å². The van der Waals surface area contributed by atoms with E-state index in [2.05, 4.69) is 15.9 Å². The molecule has 1 nitrogen and oxygen atoms in total. The molecule has 0 N–H and O–H groups in total. The minimum Gasteiger partial charge on any atom is -0.489 e. The van der Waals surface area contributed by atoms with Gasteiger partial charge in [0.2, 0.25) is 0 Å². The predicted octanol–water partition coefficient (Wildman–Crippen LogP) is 4.82. The van der Waals surface area contributed by atoms with E-state index in [0.29, 0.717) is 21.9 Å². The quantitative estimate of drug-likeness (QED) is 0.789. The van der Waals surface area contributed by atoms with Crippen molar-refractivity contribution in [1.82, 2.24) is 0 Å². The third-order valence-electron chi connectivity index (χ3n) is 2.19. The van der Waals surface area contributed by atoms with Crippen LogP contribution in [0.25, 0.3) is 0 Å². The molecule has 0 amide bonds. The normalized spacial score (nSPS) is 10.3. The summed E-state index contributed by atoms with van der Waals surface area (Å²) >= 11 is 8.97. The fourth-order valence-electron chi connectivity index (χ4n) is 1.36. The molecule has 0 bridgehead atoms. The molecule has 88 valence electrons. The Kier molecular flexibility index (Phi) is 4.02. The number of rotatable bonds is 3. The Balaban J connectivity index is 2.05. The van der Waals surface area contributed by atoms with Gasteiger partial charge in [0.15, 0.2) is 0 Å². The highest BCUT2D eigenvalue weighted by Gasteiger charge is 2.02. The van der Waals surface area contributed by atoms with Crippen LogP contribution in [0.1, 0.15) is 5.56 Å². The fourth-order valence-corrected chi connectivity index (χ4v) is 1.93. The van der Waals surface area contributed by atoms with Gasteiger partial charge in [0.1, 0.15) is 18.2 Å². The first kappa shape index (κ1) is 12.4. The zero-order valence-electron chi connectivity index (χ0n) is 8.79. The summed E-state index contributed by atoms with van der Waals surface area (Å²) in [6, 6.07) is 12.0. The molecule has 0 fully saturated rings. The van der Waals surface area contributed by atoms with E-state index in [9.17, 15) is 4.39 Å². The Morgan fingerprint density at radius 3 is 2.71 bits per heavy atom. The van der Waals surface area contributed by atoms with E-state index in [1.165, 1.54) is 6.07 Å². The summed E-state index contributed by atoms with van der Waals surface area (Å²) in [5.74, 6) is 0.304. The number of hydrogen-bond acceptors (Lipinski definition) is 1. The highest BCUT2D eigenvalue weighted by molar-refractivity contribution is 9.10. The highest BCUT2D eigenvalue weighted by Crippen LogP contribution is 2.22. The molecule has 2 aromatic carbocycles. The molecule has 0 aliphatic carbocycles. The average molecular weight is 316 g/mol. The zero-order valence-corrected chi connectivity index (χ0v) is 11.1. The zero-order chi connectivity index (χ0) is 12.3. The van der Waals surface area contributed by atoms with Crippen LogP contribution in [0.4, 0.5) is 4.39 Å². The lowest BCUT2D eigenvalue weighted by atomic mass is 10.2. The van der Waals surface area contributed by atoms with Gasteiger partial charge in [0, 0.05) is 5.02 Å². The molecular formula is C13H9BrClFO. The Morgan fingerprint density at radius 2 is 2.00 bits per heavy atom. The maximum Gasteiger partial charge on any atom is 0.137 e. The van der Waals surface area contributed by atoms with E-state index in [4.69, 9.17) is 16.3 Å². The molecule has 2 rings (SSSR count). The third-order valence-corrected chi connectivity index (χ3v) is 3.03. The molecule has 0 aliphatic heterocycles. The van der Waals surface area contributed by atoms with Crippen molar-refractivity contribution in [2.24, 2.45) is 0 Å². The van der Waals surface area contributed by atoms with Gasteiger partial charge in [-0.25, -0.2) is 4.39 Å². The van der Waals surface area contributed by atoms with Crippen molar-refractivity contribution in [3.05, 3.63) is 63.3 Å². The highest BCUT2D eigenvalue weighted by atomic mass is 79.9. The van der Waals surface area contributed by atoms with Crippen molar-refractivity contribution in [3.63, 3.8) is 0 Å². The minimum absolute atomic E-state index is 0.305. The monoisotopic (exact) mass is 314 g/mol. The molecule has 0 aromatic heterocycles. The number of benzene rings is 2. The molecule has 0 spiro atoms. The molecule has 0 heterocycles. The standard InChI is InChI=1S/C13H9BrClFO/c14-12-7-11(4-5-13(12)16)17-8-9-2-1-3-10(15)6-9/h1-7H,8H2.